The zero-order valence-corrected chi connectivity index (χ0v) is 8.37. The van der Waals surface area contributed by atoms with Gasteiger partial charge in [0.2, 0.25) is 0 Å². The van der Waals surface area contributed by atoms with Gasteiger partial charge in [0.25, 0.3) is 0 Å². The first kappa shape index (κ1) is 10.5. The lowest BCUT2D eigenvalue weighted by Crippen LogP contribution is -2.27. The van der Waals surface area contributed by atoms with Gasteiger partial charge in [-0.1, -0.05) is 25.0 Å². The molecule has 1 nitrogen and oxygen atoms in total. The Kier molecular flexibility index (Phi) is 4.84. The molecule has 74 valence electrons. The molecule has 0 N–H and O–H groups in total. The van der Waals surface area contributed by atoms with Crippen LogP contribution in [0.1, 0.15) is 32.1 Å². The van der Waals surface area contributed by atoms with Crippen molar-refractivity contribution in [3.05, 3.63) is 25.3 Å². The van der Waals surface area contributed by atoms with E-state index in [4.69, 9.17) is 4.74 Å². The third-order valence-electron chi connectivity index (χ3n) is 2.74. The standard InChI is InChI=1S/C12H20O/c1-3-7-11-8-5-6-9-12(11)13-10-4-2/h3-4,11-12H,1-2,5-10H2. The van der Waals surface area contributed by atoms with E-state index in [-0.39, 0.29) is 0 Å². The van der Waals surface area contributed by atoms with E-state index in [9.17, 15) is 0 Å². The minimum atomic E-state index is 0.449. The van der Waals surface area contributed by atoms with Gasteiger partial charge in [0.1, 0.15) is 0 Å². The van der Waals surface area contributed by atoms with Crippen molar-refractivity contribution >= 4 is 0 Å². The Labute approximate surface area is 81.5 Å². The molecule has 0 spiro atoms. The van der Waals surface area contributed by atoms with Crippen LogP contribution in [0.25, 0.3) is 0 Å². The second-order valence-electron chi connectivity index (χ2n) is 3.73. The van der Waals surface area contributed by atoms with Crippen LogP contribution in [-0.2, 0) is 4.74 Å². The summed E-state index contributed by atoms with van der Waals surface area (Å²) >= 11 is 0. The molecule has 0 bridgehead atoms. The van der Waals surface area contributed by atoms with Crippen molar-refractivity contribution in [2.24, 2.45) is 5.92 Å². The first-order valence-corrected chi connectivity index (χ1v) is 5.22. The Hall–Kier alpha value is -0.560. The molecular weight excluding hydrogens is 160 g/mol. The van der Waals surface area contributed by atoms with E-state index in [1.165, 1.54) is 25.7 Å². The maximum atomic E-state index is 5.73. The van der Waals surface area contributed by atoms with Crippen LogP contribution in [0.5, 0.6) is 0 Å². The van der Waals surface area contributed by atoms with Crippen molar-refractivity contribution < 1.29 is 4.74 Å². The zero-order valence-electron chi connectivity index (χ0n) is 8.37. The van der Waals surface area contributed by atoms with E-state index >= 15 is 0 Å². The fraction of sp³-hybridized carbons (Fsp3) is 0.667. The van der Waals surface area contributed by atoms with E-state index in [1.54, 1.807) is 0 Å². The summed E-state index contributed by atoms with van der Waals surface area (Å²) in [4.78, 5) is 0. The molecule has 1 aliphatic rings. The minimum Gasteiger partial charge on any atom is -0.374 e. The van der Waals surface area contributed by atoms with Crippen molar-refractivity contribution in [3.63, 3.8) is 0 Å². The maximum absolute atomic E-state index is 5.73. The van der Waals surface area contributed by atoms with Crippen molar-refractivity contribution in [1.29, 1.82) is 0 Å². The molecule has 13 heavy (non-hydrogen) atoms. The second kappa shape index (κ2) is 5.98. The third-order valence-corrected chi connectivity index (χ3v) is 2.74. The Balaban J connectivity index is 2.36. The summed E-state index contributed by atoms with van der Waals surface area (Å²) in [5.74, 6) is 0.700. The van der Waals surface area contributed by atoms with E-state index in [0.29, 0.717) is 18.6 Å². The molecule has 1 rings (SSSR count). The Morgan fingerprint density at radius 2 is 1.92 bits per heavy atom. The molecule has 1 heteroatoms. The topological polar surface area (TPSA) is 9.23 Å². The lowest BCUT2D eigenvalue weighted by atomic mass is 9.84. The Morgan fingerprint density at radius 1 is 1.15 bits per heavy atom. The highest BCUT2D eigenvalue weighted by Crippen LogP contribution is 2.29. The van der Waals surface area contributed by atoms with E-state index in [0.717, 1.165) is 6.42 Å². The lowest BCUT2D eigenvalue weighted by Gasteiger charge is -2.30. The molecule has 1 fully saturated rings. The molecule has 1 aliphatic carbocycles. The van der Waals surface area contributed by atoms with Crippen LogP contribution < -0.4 is 0 Å². The van der Waals surface area contributed by atoms with Crippen LogP contribution in [0.4, 0.5) is 0 Å². The van der Waals surface area contributed by atoms with Crippen molar-refractivity contribution in [2.75, 3.05) is 6.61 Å². The minimum absolute atomic E-state index is 0.449. The second-order valence-corrected chi connectivity index (χ2v) is 3.73. The average molecular weight is 180 g/mol. The highest BCUT2D eigenvalue weighted by Gasteiger charge is 2.23. The Morgan fingerprint density at radius 3 is 2.62 bits per heavy atom. The zero-order chi connectivity index (χ0) is 9.52. The van der Waals surface area contributed by atoms with Crippen LogP contribution in [0, 0.1) is 5.92 Å². The van der Waals surface area contributed by atoms with Crippen molar-refractivity contribution in [1.82, 2.24) is 0 Å². The molecule has 0 saturated heterocycles. The van der Waals surface area contributed by atoms with Crippen LogP contribution in [0.15, 0.2) is 25.3 Å². The van der Waals surface area contributed by atoms with Gasteiger partial charge in [0, 0.05) is 0 Å². The Bertz CT molecular complexity index is 163. The van der Waals surface area contributed by atoms with Gasteiger partial charge in [-0.25, -0.2) is 0 Å². The predicted molar refractivity (Wildman–Crippen MR) is 56.7 cm³/mol. The van der Waals surface area contributed by atoms with Gasteiger partial charge in [-0.2, -0.15) is 0 Å². The smallest absolute Gasteiger partial charge is 0.0648 e. The first-order chi connectivity index (χ1) is 6.38. The summed E-state index contributed by atoms with van der Waals surface area (Å²) in [5, 5.41) is 0. The van der Waals surface area contributed by atoms with Gasteiger partial charge in [0.15, 0.2) is 0 Å². The normalized spacial score (nSPS) is 28.3. The maximum Gasteiger partial charge on any atom is 0.0648 e. The van der Waals surface area contributed by atoms with Crippen LogP contribution >= 0.6 is 0 Å². The third kappa shape index (κ3) is 3.35. The van der Waals surface area contributed by atoms with Gasteiger partial charge in [-0.05, 0) is 25.2 Å². The number of rotatable bonds is 5. The van der Waals surface area contributed by atoms with Gasteiger partial charge in [-0.3, -0.25) is 0 Å². The van der Waals surface area contributed by atoms with Crippen LogP contribution in [0.2, 0.25) is 0 Å². The summed E-state index contributed by atoms with van der Waals surface area (Å²) in [7, 11) is 0. The van der Waals surface area contributed by atoms with E-state index < -0.39 is 0 Å². The fourth-order valence-electron chi connectivity index (χ4n) is 2.07. The number of allylic oxidation sites excluding steroid dienone is 1. The summed E-state index contributed by atoms with van der Waals surface area (Å²) in [6, 6.07) is 0. The molecule has 0 aromatic heterocycles. The number of hydrogen-bond acceptors (Lipinski definition) is 1. The van der Waals surface area contributed by atoms with Crippen molar-refractivity contribution in [3.8, 4) is 0 Å². The molecule has 2 atom stereocenters. The monoisotopic (exact) mass is 180 g/mol. The molecule has 1 saturated carbocycles. The molecule has 0 aliphatic heterocycles. The first-order valence-electron chi connectivity index (χ1n) is 5.22. The highest BCUT2D eigenvalue weighted by molar-refractivity contribution is 4.83. The molecule has 2 unspecified atom stereocenters. The molecule has 0 aromatic rings. The summed E-state index contributed by atoms with van der Waals surface area (Å²) in [6.45, 7) is 8.16. The fourth-order valence-corrected chi connectivity index (χ4v) is 2.07. The van der Waals surface area contributed by atoms with Crippen LogP contribution in [0.3, 0.4) is 0 Å². The molecule has 0 radical (unpaired) electrons. The van der Waals surface area contributed by atoms with Gasteiger partial charge in [0.05, 0.1) is 12.7 Å². The molecule has 0 heterocycles. The van der Waals surface area contributed by atoms with Gasteiger partial charge >= 0.3 is 0 Å². The van der Waals surface area contributed by atoms with Gasteiger partial charge < -0.3 is 4.74 Å². The summed E-state index contributed by atoms with van der Waals surface area (Å²) in [5.41, 5.74) is 0. The SMILES string of the molecule is C=CCOC1CCCCC1CC=C. The highest BCUT2D eigenvalue weighted by atomic mass is 16.5. The number of hydrogen-bond donors (Lipinski definition) is 0. The molecular formula is C12H20O. The quantitative estimate of drug-likeness (QED) is 0.590. The largest absolute Gasteiger partial charge is 0.374 e. The predicted octanol–water partition coefficient (Wildman–Crippen LogP) is 3.32. The van der Waals surface area contributed by atoms with E-state index in [1.807, 2.05) is 12.2 Å². The average Bonchev–Trinajstić information content (AvgIpc) is 2.17. The van der Waals surface area contributed by atoms with Crippen LogP contribution in [-0.4, -0.2) is 12.7 Å². The molecule has 0 aromatic carbocycles. The van der Waals surface area contributed by atoms with Crippen molar-refractivity contribution in [2.45, 2.75) is 38.2 Å². The van der Waals surface area contributed by atoms with E-state index in [2.05, 4.69) is 13.2 Å². The summed E-state index contributed by atoms with van der Waals surface area (Å²) < 4.78 is 5.73. The lowest BCUT2D eigenvalue weighted by molar-refractivity contribution is 0.00497. The van der Waals surface area contributed by atoms with Gasteiger partial charge in [-0.15, -0.1) is 13.2 Å². The number of ether oxygens (including phenoxy) is 1. The molecule has 0 amide bonds. The summed E-state index contributed by atoms with van der Waals surface area (Å²) in [6.07, 6.45) is 10.6.